The van der Waals surface area contributed by atoms with E-state index in [9.17, 15) is 0 Å². The van der Waals surface area contributed by atoms with Crippen LogP contribution in [0.3, 0.4) is 0 Å². The zero-order valence-corrected chi connectivity index (χ0v) is 11.0. The Morgan fingerprint density at radius 1 is 1.11 bits per heavy atom. The number of benzene rings is 2. The van der Waals surface area contributed by atoms with Gasteiger partial charge in [0.05, 0.1) is 11.0 Å². The average Bonchev–Trinajstić information content (AvgIpc) is 2.77. The van der Waals surface area contributed by atoms with E-state index in [1.54, 1.807) is 0 Å². The van der Waals surface area contributed by atoms with Gasteiger partial charge in [-0.05, 0) is 29.8 Å². The summed E-state index contributed by atoms with van der Waals surface area (Å²) in [5, 5.41) is 0. The van der Waals surface area contributed by atoms with Crippen LogP contribution >= 0.6 is 0 Å². The molecule has 1 heterocycles. The van der Waals surface area contributed by atoms with Crippen LogP contribution in [0.5, 0.6) is 0 Å². The Balaban J connectivity index is 2.08. The number of nitrogens with two attached hydrogens (primary N) is 1. The van der Waals surface area contributed by atoms with Gasteiger partial charge in [-0.1, -0.05) is 31.2 Å². The fraction of sp³-hybridized carbons (Fsp3) is 0.188. The number of hydrogen-bond donors (Lipinski definition) is 1. The third-order valence-corrected chi connectivity index (χ3v) is 3.34. The van der Waals surface area contributed by atoms with Crippen molar-refractivity contribution in [3.05, 3.63) is 59.9 Å². The minimum Gasteiger partial charge on any atom is -0.399 e. The van der Waals surface area contributed by atoms with Crippen LogP contribution in [0.2, 0.25) is 0 Å². The molecule has 19 heavy (non-hydrogen) atoms. The summed E-state index contributed by atoms with van der Waals surface area (Å²) in [6, 6.07) is 16.3. The fourth-order valence-corrected chi connectivity index (χ4v) is 2.45. The van der Waals surface area contributed by atoms with Gasteiger partial charge in [-0.2, -0.15) is 0 Å². The molecule has 3 heteroatoms. The van der Waals surface area contributed by atoms with Crippen molar-refractivity contribution in [2.45, 2.75) is 19.9 Å². The maximum atomic E-state index is 5.85. The predicted molar refractivity (Wildman–Crippen MR) is 79.1 cm³/mol. The highest BCUT2D eigenvalue weighted by Gasteiger charge is 2.09. The van der Waals surface area contributed by atoms with Gasteiger partial charge in [0.2, 0.25) is 0 Å². The van der Waals surface area contributed by atoms with Crippen LogP contribution in [0.15, 0.2) is 48.5 Å². The first-order chi connectivity index (χ1) is 9.28. The molecular weight excluding hydrogens is 234 g/mol. The summed E-state index contributed by atoms with van der Waals surface area (Å²) in [6.45, 7) is 2.95. The number of imidazole rings is 1. The number of aromatic nitrogens is 2. The number of hydrogen-bond acceptors (Lipinski definition) is 2. The van der Waals surface area contributed by atoms with Crippen LogP contribution < -0.4 is 5.73 Å². The number of nitrogens with zero attached hydrogens (tertiary/aromatic N) is 2. The molecule has 0 saturated heterocycles. The van der Waals surface area contributed by atoms with E-state index in [4.69, 9.17) is 5.73 Å². The molecule has 3 nitrogen and oxygen atoms in total. The topological polar surface area (TPSA) is 43.8 Å². The lowest BCUT2D eigenvalue weighted by molar-refractivity contribution is 0.753. The Morgan fingerprint density at radius 3 is 2.74 bits per heavy atom. The van der Waals surface area contributed by atoms with Gasteiger partial charge in [0, 0.05) is 18.7 Å². The van der Waals surface area contributed by atoms with Crippen molar-refractivity contribution in [2.75, 3.05) is 5.73 Å². The third kappa shape index (κ3) is 2.19. The first kappa shape index (κ1) is 11.8. The molecule has 0 amide bonds. The van der Waals surface area contributed by atoms with E-state index in [1.807, 2.05) is 24.3 Å². The second kappa shape index (κ2) is 4.76. The molecule has 0 radical (unpaired) electrons. The molecule has 0 saturated carbocycles. The maximum absolute atomic E-state index is 5.85. The highest BCUT2D eigenvalue weighted by atomic mass is 15.1. The molecular formula is C16H17N3. The van der Waals surface area contributed by atoms with E-state index < -0.39 is 0 Å². The highest BCUT2D eigenvalue weighted by Crippen LogP contribution is 2.19. The van der Waals surface area contributed by atoms with Crippen molar-refractivity contribution < 1.29 is 0 Å². The first-order valence-corrected chi connectivity index (χ1v) is 6.56. The molecule has 3 rings (SSSR count). The zero-order valence-electron chi connectivity index (χ0n) is 11.0. The minimum absolute atomic E-state index is 0.806. The Bertz CT molecular complexity index is 713. The Kier molecular flexibility index (Phi) is 2.95. The lowest BCUT2D eigenvalue weighted by Crippen LogP contribution is -2.04. The summed E-state index contributed by atoms with van der Waals surface area (Å²) in [6.07, 6.45) is 0.928. The third-order valence-electron chi connectivity index (χ3n) is 3.34. The maximum Gasteiger partial charge on any atom is 0.109 e. The van der Waals surface area contributed by atoms with Gasteiger partial charge in [0.1, 0.15) is 5.82 Å². The quantitative estimate of drug-likeness (QED) is 0.726. The van der Waals surface area contributed by atoms with Gasteiger partial charge >= 0.3 is 0 Å². The van der Waals surface area contributed by atoms with Gasteiger partial charge in [0.25, 0.3) is 0 Å². The second-order valence-electron chi connectivity index (χ2n) is 4.70. The number of para-hydroxylation sites is 2. The molecule has 0 atom stereocenters. The summed E-state index contributed by atoms with van der Waals surface area (Å²) < 4.78 is 2.27. The molecule has 0 aliphatic carbocycles. The molecule has 2 N–H and O–H groups in total. The van der Waals surface area contributed by atoms with Crippen LogP contribution in [-0.4, -0.2) is 9.55 Å². The Labute approximate surface area is 112 Å². The van der Waals surface area contributed by atoms with Crippen molar-refractivity contribution >= 4 is 16.7 Å². The molecule has 0 unspecified atom stereocenters. The van der Waals surface area contributed by atoms with Crippen LogP contribution in [0.1, 0.15) is 18.3 Å². The number of rotatable bonds is 3. The van der Waals surface area contributed by atoms with Crippen molar-refractivity contribution in [3.8, 4) is 0 Å². The van der Waals surface area contributed by atoms with Crippen molar-refractivity contribution in [2.24, 2.45) is 0 Å². The Hall–Kier alpha value is -2.29. The number of nitrogen functional groups attached to an aromatic ring is 1. The first-order valence-electron chi connectivity index (χ1n) is 6.56. The van der Waals surface area contributed by atoms with Gasteiger partial charge in [-0.25, -0.2) is 4.98 Å². The summed E-state index contributed by atoms with van der Waals surface area (Å²) in [4.78, 5) is 4.68. The van der Waals surface area contributed by atoms with Gasteiger partial charge in [-0.3, -0.25) is 0 Å². The largest absolute Gasteiger partial charge is 0.399 e. The zero-order chi connectivity index (χ0) is 13.2. The molecule has 0 bridgehead atoms. The van der Waals surface area contributed by atoms with E-state index in [2.05, 4.69) is 40.7 Å². The van der Waals surface area contributed by atoms with Crippen LogP contribution in [0.4, 0.5) is 5.69 Å². The molecule has 0 fully saturated rings. The van der Waals surface area contributed by atoms with Crippen LogP contribution in [0, 0.1) is 0 Å². The summed E-state index contributed by atoms with van der Waals surface area (Å²) >= 11 is 0. The minimum atomic E-state index is 0.806. The molecule has 0 aliphatic heterocycles. The molecule has 2 aromatic carbocycles. The van der Waals surface area contributed by atoms with Gasteiger partial charge in [-0.15, -0.1) is 0 Å². The van der Waals surface area contributed by atoms with E-state index in [0.717, 1.165) is 30.0 Å². The van der Waals surface area contributed by atoms with Crippen LogP contribution in [-0.2, 0) is 13.0 Å². The SMILES string of the molecule is CCc1nc2ccccc2n1Cc1cccc(N)c1. The molecule has 3 aromatic rings. The number of aryl methyl sites for hydroxylation is 1. The highest BCUT2D eigenvalue weighted by molar-refractivity contribution is 5.76. The molecule has 96 valence electrons. The van der Waals surface area contributed by atoms with Crippen molar-refractivity contribution in [3.63, 3.8) is 0 Å². The smallest absolute Gasteiger partial charge is 0.109 e. The second-order valence-corrected chi connectivity index (χ2v) is 4.70. The number of fused-ring (bicyclic) bond motifs is 1. The average molecular weight is 251 g/mol. The molecule has 1 aromatic heterocycles. The fourth-order valence-electron chi connectivity index (χ4n) is 2.45. The molecule has 0 aliphatic rings. The summed E-state index contributed by atoms with van der Waals surface area (Å²) in [7, 11) is 0. The van der Waals surface area contributed by atoms with E-state index in [-0.39, 0.29) is 0 Å². The lowest BCUT2D eigenvalue weighted by atomic mass is 10.2. The number of anilines is 1. The Morgan fingerprint density at radius 2 is 1.95 bits per heavy atom. The van der Waals surface area contributed by atoms with Crippen LogP contribution in [0.25, 0.3) is 11.0 Å². The van der Waals surface area contributed by atoms with E-state index in [0.29, 0.717) is 0 Å². The van der Waals surface area contributed by atoms with E-state index in [1.165, 1.54) is 11.1 Å². The van der Waals surface area contributed by atoms with Crippen molar-refractivity contribution in [1.82, 2.24) is 9.55 Å². The van der Waals surface area contributed by atoms with Gasteiger partial charge in [0.15, 0.2) is 0 Å². The van der Waals surface area contributed by atoms with Gasteiger partial charge < -0.3 is 10.3 Å². The molecule has 0 spiro atoms. The standard InChI is InChI=1S/C16H17N3/c1-2-16-18-14-8-3-4-9-15(14)19(16)11-12-6-5-7-13(17)10-12/h3-10H,2,11,17H2,1H3. The normalized spacial score (nSPS) is 11.0. The van der Waals surface area contributed by atoms with E-state index >= 15 is 0 Å². The monoisotopic (exact) mass is 251 g/mol. The lowest BCUT2D eigenvalue weighted by Gasteiger charge is -2.08. The summed E-state index contributed by atoms with van der Waals surface area (Å²) in [5.41, 5.74) is 10.1. The van der Waals surface area contributed by atoms with Crippen molar-refractivity contribution in [1.29, 1.82) is 0 Å². The predicted octanol–water partition coefficient (Wildman–Crippen LogP) is 3.23. The summed E-state index contributed by atoms with van der Waals surface area (Å²) in [5.74, 6) is 1.11.